The van der Waals surface area contributed by atoms with E-state index in [1.54, 1.807) is 0 Å². The molecular weight excluding hydrogens is 359 g/mol. The standard InChI is InChI=1S/C7H7.2BrH.In/c1-7-5-3-2-4-6-7;;;/h2-6H,1H2;2*1H;/p-2. The number of halogens is 2. The molecule has 1 rings (SSSR count). The van der Waals surface area contributed by atoms with Crippen LogP contribution < -0.4 is 34.0 Å². The molecule has 10 heavy (non-hydrogen) atoms. The zero-order chi connectivity index (χ0) is 5.11. The fourth-order valence-electron chi connectivity index (χ4n) is 0.478. The molecule has 3 heteroatoms. The quantitative estimate of drug-likeness (QED) is 0.406. The Balaban J connectivity index is -0.000000163. The predicted molar refractivity (Wildman–Crippen MR) is 37.5 cm³/mol. The van der Waals surface area contributed by atoms with Crippen LogP contribution in [0, 0.1) is 6.42 Å². The maximum absolute atomic E-state index is 3.72. The van der Waals surface area contributed by atoms with E-state index in [4.69, 9.17) is 0 Å². The van der Waals surface area contributed by atoms with E-state index in [0.29, 0.717) is 0 Å². The van der Waals surface area contributed by atoms with Crippen molar-refractivity contribution in [3.8, 4) is 0 Å². The van der Waals surface area contributed by atoms with E-state index in [-0.39, 0.29) is 59.8 Å². The van der Waals surface area contributed by atoms with Crippen molar-refractivity contribution in [2.24, 2.45) is 0 Å². The predicted octanol–water partition coefficient (Wildman–Crippen LogP) is -4.50. The molecule has 0 spiro atoms. The molecule has 54 valence electrons. The van der Waals surface area contributed by atoms with Crippen LogP contribution in [0.2, 0.25) is 0 Å². The Hall–Kier alpha value is 1.05. The molecule has 0 saturated heterocycles. The Bertz CT molecular complexity index is 139. The smallest absolute Gasteiger partial charge is 0.0119 e. The van der Waals surface area contributed by atoms with Crippen molar-refractivity contribution < 1.29 is 34.0 Å². The fraction of sp³-hybridized carbons (Fsp3) is 0. The molecule has 0 fully saturated rings. The minimum Gasteiger partial charge on any atom is -1.00 e. The van der Waals surface area contributed by atoms with Crippen LogP contribution in [0.5, 0.6) is 0 Å². The molecule has 0 heterocycles. The van der Waals surface area contributed by atoms with E-state index in [1.165, 1.54) is 0 Å². The topological polar surface area (TPSA) is 0 Å². The van der Waals surface area contributed by atoms with Crippen LogP contribution in [0.3, 0.4) is 0 Å². The number of hydrogen-bond acceptors (Lipinski definition) is 0. The second-order valence-electron chi connectivity index (χ2n) is 1.49. The van der Waals surface area contributed by atoms with E-state index >= 15 is 0 Å². The monoisotopic (exact) mass is 364 g/mol. The first-order valence-electron chi connectivity index (χ1n) is 2.26. The van der Waals surface area contributed by atoms with Gasteiger partial charge in [0.05, 0.1) is 0 Å². The van der Waals surface area contributed by atoms with Crippen molar-refractivity contribution >= 4 is 25.8 Å². The van der Waals surface area contributed by atoms with Gasteiger partial charge in [-0.15, -0.1) is 0 Å². The third-order valence-electron chi connectivity index (χ3n) is 0.843. The molecule has 0 aromatic rings. The molecule has 0 aromatic heterocycles. The Morgan fingerprint density at radius 1 is 1.00 bits per heavy atom. The molecule has 0 saturated carbocycles. The van der Waals surface area contributed by atoms with Gasteiger partial charge in [-0.3, -0.25) is 0 Å². The van der Waals surface area contributed by atoms with Gasteiger partial charge >= 0.3 is 0 Å². The second kappa shape index (κ2) is 10.1. The van der Waals surface area contributed by atoms with Crippen LogP contribution in [0.15, 0.2) is 36.5 Å². The Labute approximate surface area is 102 Å². The second-order valence-corrected chi connectivity index (χ2v) is 1.49. The van der Waals surface area contributed by atoms with Crippen LogP contribution in [-0.2, 0) is 0 Å². The molecule has 0 bridgehead atoms. The van der Waals surface area contributed by atoms with Crippen molar-refractivity contribution in [1.29, 1.82) is 0 Å². The molecule has 0 nitrogen and oxygen atoms in total. The van der Waals surface area contributed by atoms with E-state index in [0.717, 1.165) is 5.57 Å². The van der Waals surface area contributed by atoms with Crippen LogP contribution in [-0.4, -0.2) is 25.8 Å². The van der Waals surface area contributed by atoms with Gasteiger partial charge in [0.2, 0.25) is 0 Å². The average molecular weight is 366 g/mol. The van der Waals surface area contributed by atoms with E-state index < -0.39 is 0 Å². The molecule has 0 aromatic carbocycles. The summed E-state index contributed by atoms with van der Waals surface area (Å²) in [4.78, 5) is 0. The minimum atomic E-state index is 0. The number of allylic oxidation sites excluding steroid dienone is 5. The molecule has 0 aliphatic heterocycles. The van der Waals surface area contributed by atoms with E-state index in [9.17, 15) is 0 Å². The summed E-state index contributed by atoms with van der Waals surface area (Å²) in [6, 6.07) is 0. The average Bonchev–Trinajstić information content (AvgIpc) is 1.69. The van der Waals surface area contributed by atoms with Gasteiger partial charge in [0.25, 0.3) is 0 Å². The molecular formula is C7H7Br2In-2. The zero-order valence-electron chi connectivity index (χ0n) is 5.43. The summed E-state index contributed by atoms with van der Waals surface area (Å²) in [6.07, 6.45) is 9.87. The molecule has 1 aliphatic rings. The summed E-state index contributed by atoms with van der Waals surface area (Å²) in [5.41, 5.74) is 1.07. The number of hydrogen-bond donors (Lipinski definition) is 0. The van der Waals surface area contributed by atoms with Crippen molar-refractivity contribution in [3.05, 3.63) is 42.9 Å². The van der Waals surface area contributed by atoms with Gasteiger partial charge in [-0.1, -0.05) is 30.9 Å². The van der Waals surface area contributed by atoms with Gasteiger partial charge in [0, 0.05) is 32.3 Å². The molecule has 0 unspecified atom stereocenters. The van der Waals surface area contributed by atoms with E-state index in [1.807, 2.05) is 30.7 Å². The van der Waals surface area contributed by atoms with Crippen molar-refractivity contribution in [2.75, 3.05) is 0 Å². The van der Waals surface area contributed by atoms with Crippen LogP contribution in [0.1, 0.15) is 0 Å². The number of rotatable bonds is 0. The van der Waals surface area contributed by atoms with Gasteiger partial charge in [-0.25, -0.2) is 0 Å². The summed E-state index contributed by atoms with van der Waals surface area (Å²) < 4.78 is 0. The molecule has 0 amide bonds. The first-order valence-corrected chi connectivity index (χ1v) is 2.26. The summed E-state index contributed by atoms with van der Waals surface area (Å²) in [5, 5.41) is 0. The van der Waals surface area contributed by atoms with E-state index in [2.05, 4.69) is 6.58 Å². The van der Waals surface area contributed by atoms with Crippen LogP contribution in [0.25, 0.3) is 0 Å². The van der Waals surface area contributed by atoms with Gasteiger partial charge in [-0.2, -0.15) is 0 Å². The zero-order valence-corrected chi connectivity index (χ0v) is 11.9. The Kier molecular flexibility index (Phi) is 17.3. The van der Waals surface area contributed by atoms with Crippen molar-refractivity contribution in [2.45, 2.75) is 0 Å². The third-order valence-corrected chi connectivity index (χ3v) is 0.843. The van der Waals surface area contributed by atoms with Crippen LogP contribution in [0.4, 0.5) is 0 Å². The first kappa shape index (κ1) is 17.2. The summed E-state index contributed by atoms with van der Waals surface area (Å²) in [6.45, 7) is 3.72. The maximum Gasteiger partial charge on any atom is 0.0119 e. The Morgan fingerprint density at radius 3 is 1.80 bits per heavy atom. The molecule has 1 aliphatic carbocycles. The first-order chi connectivity index (χ1) is 3.39. The summed E-state index contributed by atoms with van der Waals surface area (Å²) >= 11 is 0. The normalized spacial score (nSPS) is 12.6. The molecule has 4 radical (unpaired) electrons. The van der Waals surface area contributed by atoms with Gasteiger partial charge in [0.1, 0.15) is 0 Å². The molecule has 0 atom stereocenters. The van der Waals surface area contributed by atoms with Gasteiger partial charge in [-0.05, 0) is 5.57 Å². The minimum absolute atomic E-state index is 0. The maximum atomic E-state index is 3.72. The van der Waals surface area contributed by atoms with Crippen molar-refractivity contribution in [1.82, 2.24) is 0 Å². The summed E-state index contributed by atoms with van der Waals surface area (Å²) in [5.74, 6) is 0. The summed E-state index contributed by atoms with van der Waals surface area (Å²) in [7, 11) is 0. The van der Waals surface area contributed by atoms with Crippen molar-refractivity contribution in [3.63, 3.8) is 0 Å². The Morgan fingerprint density at radius 2 is 1.60 bits per heavy atom. The SMILES string of the molecule is C=C1[CH]C=CC=C1.[Br-].[Br-].[In]. The third kappa shape index (κ3) is 7.16. The van der Waals surface area contributed by atoms with Gasteiger partial charge < -0.3 is 34.0 Å². The fourth-order valence-corrected chi connectivity index (χ4v) is 0.478. The van der Waals surface area contributed by atoms with Crippen LogP contribution >= 0.6 is 0 Å². The molecule has 0 N–H and O–H groups in total. The van der Waals surface area contributed by atoms with Gasteiger partial charge in [0.15, 0.2) is 0 Å². The largest absolute Gasteiger partial charge is 1.00 e.